The second-order valence-corrected chi connectivity index (χ2v) is 8.02. The highest BCUT2D eigenvalue weighted by molar-refractivity contribution is 6.27. The molecule has 5 heteroatoms. The van der Waals surface area contributed by atoms with Crippen LogP contribution >= 0.6 is 0 Å². The molecule has 128 valence electrons. The highest BCUT2D eigenvalue weighted by atomic mass is 16.3. The van der Waals surface area contributed by atoms with Crippen LogP contribution in [0.3, 0.4) is 0 Å². The van der Waals surface area contributed by atoms with E-state index in [2.05, 4.69) is 11.1 Å². The predicted molar refractivity (Wildman–Crippen MR) is 93.3 cm³/mol. The Balaban J connectivity index is 1.78. The Morgan fingerprint density at radius 2 is 2.08 bits per heavy atom. The van der Waals surface area contributed by atoms with Gasteiger partial charge in [0.05, 0.1) is 0 Å². The van der Waals surface area contributed by atoms with E-state index >= 15 is 0 Å². The minimum Gasteiger partial charge on any atom is -0.512 e. The Kier molecular flexibility index (Phi) is 2.56. The van der Waals surface area contributed by atoms with Crippen LogP contribution in [0.25, 0.3) is 10.9 Å². The molecule has 1 amide bonds. The zero-order valence-electron chi connectivity index (χ0n) is 14.5. The Morgan fingerprint density at radius 1 is 1.32 bits per heavy atom. The largest absolute Gasteiger partial charge is 0.512 e. The van der Waals surface area contributed by atoms with Crippen molar-refractivity contribution in [3.05, 3.63) is 46.9 Å². The third-order valence-electron chi connectivity index (χ3n) is 6.51. The number of allylic oxidation sites excluding steroid dienone is 1. The summed E-state index contributed by atoms with van der Waals surface area (Å²) in [5, 5.41) is 11.1. The van der Waals surface area contributed by atoms with Gasteiger partial charge < -0.3 is 15.0 Å². The molecule has 2 aliphatic heterocycles. The van der Waals surface area contributed by atoms with Gasteiger partial charge in [0.15, 0.2) is 5.78 Å². The van der Waals surface area contributed by atoms with E-state index in [9.17, 15) is 14.7 Å². The van der Waals surface area contributed by atoms with Gasteiger partial charge in [-0.2, -0.15) is 0 Å². The van der Waals surface area contributed by atoms with Crippen molar-refractivity contribution >= 4 is 22.6 Å². The zero-order chi connectivity index (χ0) is 17.7. The van der Waals surface area contributed by atoms with Crippen molar-refractivity contribution in [2.75, 3.05) is 0 Å². The number of aromatic nitrogens is 1. The first-order chi connectivity index (χ1) is 11.8. The Morgan fingerprint density at radius 3 is 2.80 bits per heavy atom. The summed E-state index contributed by atoms with van der Waals surface area (Å²) < 4.78 is 0. The molecule has 0 spiro atoms. The minimum atomic E-state index is -0.517. The van der Waals surface area contributed by atoms with Crippen LogP contribution in [0, 0.1) is 5.92 Å². The maximum Gasteiger partial charge on any atom is 0.262 e. The van der Waals surface area contributed by atoms with Gasteiger partial charge in [0.25, 0.3) is 5.91 Å². The highest BCUT2D eigenvalue weighted by Crippen LogP contribution is 2.57. The number of carbonyl (C=O) groups excluding carboxylic acids is 2. The van der Waals surface area contributed by atoms with Crippen molar-refractivity contribution < 1.29 is 14.7 Å². The molecule has 3 heterocycles. The van der Waals surface area contributed by atoms with Crippen LogP contribution in [-0.2, 0) is 16.0 Å². The quantitative estimate of drug-likeness (QED) is 0.441. The summed E-state index contributed by atoms with van der Waals surface area (Å²) in [6, 6.07) is 5.72. The molecule has 2 fully saturated rings. The molecule has 3 aliphatic rings. The molecular weight excluding hydrogens is 316 g/mol. The molecule has 1 aromatic heterocycles. The molecule has 1 aromatic carbocycles. The topological polar surface area (TPSA) is 73.4 Å². The smallest absolute Gasteiger partial charge is 0.262 e. The number of fused-ring (bicyclic) bond motifs is 4. The van der Waals surface area contributed by atoms with E-state index in [-0.39, 0.29) is 34.9 Å². The Bertz CT molecular complexity index is 994. The summed E-state index contributed by atoms with van der Waals surface area (Å²) in [5.74, 6) is -0.594. The van der Waals surface area contributed by atoms with Gasteiger partial charge in [0, 0.05) is 28.6 Å². The monoisotopic (exact) mass is 336 g/mol. The van der Waals surface area contributed by atoms with Gasteiger partial charge in [-0.05, 0) is 50.3 Å². The van der Waals surface area contributed by atoms with Crippen LogP contribution < -0.4 is 0 Å². The molecule has 5 nitrogen and oxygen atoms in total. The number of rotatable bonds is 0. The van der Waals surface area contributed by atoms with Crippen molar-refractivity contribution in [2.45, 2.75) is 44.7 Å². The lowest BCUT2D eigenvalue weighted by Crippen LogP contribution is -2.46. The standard InChI is InChI=1S/C20H20N2O3/c1-9(23)14-18(24)17-16-11-8-21-13-6-4-5-10(15(11)13)7-12(16)20(2,3)22(17)19(14)25/h4-6,8,12,16-17,21,23H,7H2,1-3H3/b14-9+. The van der Waals surface area contributed by atoms with E-state index in [4.69, 9.17) is 0 Å². The van der Waals surface area contributed by atoms with Crippen LogP contribution in [0.4, 0.5) is 0 Å². The van der Waals surface area contributed by atoms with Gasteiger partial charge >= 0.3 is 0 Å². The normalized spacial score (nSPS) is 31.5. The SMILES string of the molecule is C/C(O)=C1/C(=O)C2C3c4c[nH]c5cccc(c45)CC3C(C)(C)N2C1=O. The van der Waals surface area contributed by atoms with Gasteiger partial charge in [-0.3, -0.25) is 9.59 Å². The molecule has 3 atom stereocenters. The van der Waals surface area contributed by atoms with Gasteiger partial charge in [-0.15, -0.1) is 0 Å². The summed E-state index contributed by atoms with van der Waals surface area (Å²) in [6.45, 7) is 5.51. The van der Waals surface area contributed by atoms with Crippen LogP contribution in [0.2, 0.25) is 0 Å². The van der Waals surface area contributed by atoms with Crippen LogP contribution in [-0.4, -0.2) is 38.3 Å². The average Bonchev–Trinajstić information content (AvgIpc) is 3.14. The van der Waals surface area contributed by atoms with Crippen molar-refractivity contribution in [3.8, 4) is 0 Å². The minimum absolute atomic E-state index is 0.0352. The molecule has 5 rings (SSSR count). The van der Waals surface area contributed by atoms with Crippen molar-refractivity contribution in [3.63, 3.8) is 0 Å². The molecule has 0 saturated carbocycles. The molecular formula is C20H20N2O3. The summed E-state index contributed by atoms with van der Waals surface area (Å²) >= 11 is 0. The summed E-state index contributed by atoms with van der Waals surface area (Å²) in [4.78, 5) is 31.0. The molecule has 2 saturated heterocycles. The number of hydrogen-bond acceptors (Lipinski definition) is 3. The number of nitrogens with zero attached hydrogens (tertiary/aromatic N) is 1. The number of ketones is 1. The first kappa shape index (κ1) is 14.8. The lowest BCUT2D eigenvalue weighted by Gasteiger charge is -2.37. The molecule has 0 bridgehead atoms. The molecule has 2 aromatic rings. The lowest BCUT2D eigenvalue weighted by atomic mass is 9.69. The number of aliphatic hydroxyl groups excluding tert-OH is 1. The Hall–Kier alpha value is -2.56. The third kappa shape index (κ3) is 1.54. The number of aromatic amines is 1. The molecule has 25 heavy (non-hydrogen) atoms. The van der Waals surface area contributed by atoms with Gasteiger partial charge in [0.2, 0.25) is 0 Å². The van der Waals surface area contributed by atoms with E-state index in [0.29, 0.717) is 0 Å². The average molecular weight is 336 g/mol. The highest BCUT2D eigenvalue weighted by Gasteiger charge is 2.64. The second kappa shape index (κ2) is 4.34. The van der Waals surface area contributed by atoms with E-state index in [1.807, 2.05) is 32.2 Å². The van der Waals surface area contributed by atoms with Crippen LogP contribution in [0.1, 0.15) is 37.8 Å². The number of H-pyrrole nitrogens is 1. The summed E-state index contributed by atoms with van der Waals surface area (Å²) in [7, 11) is 0. The number of amides is 1. The predicted octanol–water partition coefficient (Wildman–Crippen LogP) is 2.83. The number of Topliss-reactive ketones (excluding diaryl/α,β-unsaturated/α-hetero) is 1. The number of aliphatic hydroxyl groups is 1. The number of hydrogen-bond donors (Lipinski definition) is 2. The van der Waals surface area contributed by atoms with E-state index in [1.54, 1.807) is 4.90 Å². The van der Waals surface area contributed by atoms with Gasteiger partial charge in [-0.25, -0.2) is 0 Å². The second-order valence-electron chi connectivity index (χ2n) is 8.02. The van der Waals surface area contributed by atoms with Gasteiger partial charge in [0.1, 0.15) is 17.4 Å². The van der Waals surface area contributed by atoms with Crippen molar-refractivity contribution in [1.29, 1.82) is 0 Å². The molecule has 1 aliphatic carbocycles. The fourth-order valence-corrected chi connectivity index (χ4v) is 5.45. The van der Waals surface area contributed by atoms with Crippen LogP contribution in [0.15, 0.2) is 35.7 Å². The van der Waals surface area contributed by atoms with Crippen LogP contribution in [0.5, 0.6) is 0 Å². The van der Waals surface area contributed by atoms with Crippen molar-refractivity contribution in [1.82, 2.24) is 9.88 Å². The zero-order valence-corrected chi connectivity index (χ0v) is 14.5. The first-order valence-corrected chi connectivity index (χ1v) is 8.70. The third-order valence-corrected chi connectivity index (χ3v) is 6.51. The maximum atomic E-state index is 13.0. The summed E-state index contributed by atoms with van der Waals surface area (Å²) in [5.41, 5.74) is 2.99. The maximum absolute atomic E-state index is 13.0. The number of nitrogens with one attached hydrogen (secondary N) is 1. The lowest BCUT2D eigenvalue weighted by molar-refractivity contribution is -0.130. The fraction of sp³-hybridized carbons (Fsp3) is 0.400. The van der Waals surface area contributed by atoms with E-state index in [1.165, 1.54) is 17.9 Å². The van der Waals surface area contributed by atoms with Crippen molar-refractivity contribution in [2.24, 2.45) is 5.92 Å². The Labute approximate surface area is 145 Å². The first-order valence-electron chi connectivity index (χ1n) is 8.70. The number of benzene rings is 1. The molecule has 0 radical (unpaired) electrons. The molecule has 3 unspecified atom stereocenters. The van der Waals surface area contributed by atoms with E-state index in [0.717, 1.165) is 17.5 Å². The fourth-order valence-electron chi connectivity index (χ4n) is 5.45. The molecule has 2 N–H and O–H groups in total. The van der Waals surface area contributed by atoms with Gasteiger partial charge in [-0.1, -0.05) is 12.1 Å². The van der Waals surface area contributed by atoms with E-state index < -0.39 is 11.6 Å². The summed E-state index contributed by atoms with van der Waals surface area (Å²) in [6.07, 6.45) is 2.85. The number of carbonyl (C=O) groups is 2.